The first-order valence-corrected chi connectivity index (χ1v) is 3.09. The van der Waals surface area contributed by atoms with Crippen LogP contribution >= 0.6 is 0 Å². The van der Waals surface area contributed by atoms with Gasteiger partial charge in [0.1, 0.15) is 0 Å². The maximum atomic E-state index is 8.14. The molecule has 1 aliphatic heterocycles. The minimum atomic E-state index is 0.410. The molecule has 0 amide bonds. The summed E-state index contributed by atoms with van der Waals surface area (Å²) in [7, 11) is 0. The van der Waals surface area contributed by atoms with Gasteiger partial charge in [0.05, 0.1) is 0 Å². The minimum Gasteiger partial charge on any atom is -0.411 e. The molecule has 3 heteroatoms. The largest absolute Gasteiger partial charge is 0.411 e. The first kappa shape index (κ1) is 6.26. The van der Waals surface area contributed by atoms with Crippen LogP contribution in [0.25, 0.3) is 0 Å². The number of nitrogens with zero attached hydrogens (tertiary/aromatic N) is 2. The van der Waals surface area contributed by atoms with Crippen LogP contribution in [-0.2, 0) is 0 Å². The van der Waals surface area contributed by atoms with Crippen molar-refractivity contribution in [2.45, 2.75) is 12.8 Å². The molecular formula is C6H10N2O. The molecule has 0 aromatic heterocycles. The van der Waals surface area contributed by atoms with Crippen molar-refractivity contribution < 1.29 is 5.21 Å². The van der Waals surface area contributed by atoms with E-state index in [0.29, 0.717) is 5.92 Å². The Morgan fingerprint density at radius 3 is 3.22 bits per heavy atom. The monoisotopic (exact) mass is 126 g/mol. The SMILES string of the molecule is O/N=C/C1CC=NCC1. The first-order chi connectivity index (χ1) is 4.43. The van der Waals surface area contributed by atoms with E-state index in [4.69, 9.17) is 5.21 Å². The molecule has 9 heavy (non-hydrogen) atoms. The highest BCUT2D eigenvalue weighted by atomic mass is 16.4. The van der Waals surface area contributed by atoms with Gasteiger partial charge in [0, 0.05) is 18.7 Å². The zero-order valence-corrected chi connectivity index (χ0v) is 5.20. The number of hydrogen-bond acceptors (Lipinski definition) is 3. The third-order valence-corrected chi connectivity index (χ3v) is 1.44. The highest BCUT2D eigenvalue weighted by Crippen LogP contribution is 2.08. The average Bonchev–Trinajstić information content (AvgIpc) is 1.91. The van der Waals surface area contributed by atoms with E-state index in [1.165, 1.54) is 0 Å². The normalized spacial score (nSPS) is 27.3. The van der Waals surface area contributed by atoms with E-state index >= 15 is 0 Å². The minimum absolute atomic E-state index is 0.410. The van der Waals surface area contributed by atoms with Crippen molar-refractivity contribution in [3.8, 4) is 0 Å². The summed E-state index contributed by atoms with van der Waals surface area (Å²) in [5, 5.41) is 11.1. The van der Waals surface area contributed by atoms with Gasteiger partial charge < -0.3 is 5.21 Å². The van der Waals surface area contributed by atoms with Crippen LogP contribution in [0.5, 0.6) is 0 Å². The zero-order valence-electron chi connectivity index (χ0n) is 5.20. The number of oxime groups is 1. The molecule has 0 spiro atoms. The third kappa shape index (κ3) is 1.83. The standard InChI is InChI=1S/C6H10N2O/c9-8-5-6-1-3-7-4-2-6/h3,5-6,9H,1-2,4H2/b8-5+. The molecule has 0 aliphatic carbocycles. The maximum Gasteiger partial charge on any atom is 0.0471 e. The summed E-state index contributed by atoms with van der Waals surface area (Å²) < 4.78 is 0. The van der Waals surface area contributed by atoms with Crippen LogP contribution in [0.4, 0.5) is 0 Å². The second kappa shape index (κ2) is 3.22. The Kier molecular flexibility index (Phi) is 2.24. The van der Waals surface area contributed by atoms with Crippen molar-refractivity contribution in [1.29, 1.82) is 0 Å². The summed E-state index contributed by atoms with van der Waals surface area (Å²) >= 11 is 0. The predicted molar refractivity (Wildman–Crippen MR) is 36.4 cm³/mol. The molecule has 0 saturated heterocycles. The molecular weight excluding hydrogens is 116 g/mol. The molecule has 1 unspecified atom stereocenters. The van der Waals surface area contributed by atoms with Crippen molar-refractivity contribution in [2.24, 2.45) is 16.1 Å². The first-order valence-electron chi connectivity index (χ1n) is 3.09. The topological polar surface area (TPSA) is 45.0 Å². The highest BCUT2D eigenvalue weighted by Gasteiger charge is 2.06. The fraction of sp³-hybridized carbons (Fsp3) is 0.667. The predicted octanol–water partition coefficient (Wildman–Crippen LogP) is 0.927. The van der Waals surface area contributed by atoms with Crippen molar-refractivity contribution in [3.05, 3.63) is 0 Å². The summed E-state index contributed by atoms with van der Waals surface area (Å²) in [6.45, 7) is 0.872. The van der Waals surface area contributed by atoms with Crippen LogP contribution < -0.4 is 0 Å². The molecule has 1 heterocycles. The molecule has 1 aliphatic rings. The van der Waals surface area contributed by atoms with Gasteiger partial charge in [0.2, 0.25) is 0 Å². The number of rotatable bonds is 1. The van der Waals surface area contributed by atoms with E-state index in [-0.39, 0.29) is 0 Å². The maximum absolute atomic E-state index is 8.14. The van der Waals surface area contributed by atoms with E-state index < -0.39 is 0 Å². The van der Waals surface area contributed by atoms with Gasteiger partial charge in [-0.15, -0.1) is 5.16 Å². The lowest BCUT2D eigenvalue weighted by molar-refractivity contribution is 0.317. The quantitative estimate of drug-likeness (QED) is 0.317. The highest BCUT2D eigenvalue weighted by molar-refractivity contribution is 5.69. The van der Waals surface area contributed by atoms with Crippen LogP contribution in [0.2, 0.25) is 0 Å². The molecule has 50 valence electrons. The average molecular weight is 126 g/mol. The Morgan fingerprint density at radius 1 is 1.78 bits per heavy atom. The zero-order chi connectivity index (χ0) is 6.53. The van der Waals surface area contributed by atoms with E-state index in [1.807, 2.05) is 6.21 Å². The smallest absolute Gasteiger partial charge is 0.0471 e. The third-order valence-electron chi connectivity index (χ3n) is 1.44. The molecule has 1 atom stereocenters. The van der Waals surface area contributed by atoms with Gasteiger partial charge in [-0.25, -0.2) is 0 Å². The summed E-state index contributed by atoms with van der Waals surface area (Å²) in [4.78, 5) is 4.04. The van der Waals surface area contributed by atoms with Crippen LogP contribution in [0.15, 0.2) is 10.1 Å². The lowest BCUT2D eigenvalue weighted by Gasteiger charge is -2.09. The van der Waals surface area contributed by atoms with E-state index in [9.17, 15) is 0 Å². The molecule has 0 aromatic carbocycles. The van der Waals surface area contributed by atoms with Gasteiger partial charge in [-0.05, 0) is 19.1 Å². The Balaban J connectivity index is 2.35. The van der Waals surface area contributed by atoms with Gasteiger partial charge in [-0.1, -0.05) is 0 Å². The number of hydrogen-bond donors (Lipinski definition) is 1. The Labute approximate surface area is 54.1 Å². The van der Waals surface area contributed by atoms with Gasteiger partial charge in [0.25, 0.3) is 0 Å². The Bertz CT molecular complexity index is 131. The van der Waals surface area contributed by atoms with Gasteiger partial charge in [-0.3, -0.25) is 4.99 Å². The number of aliphatic imine (C=N–C) groups is 1. The van der Waals surface area contributed by atoms with Crippen LogP contribution in [0, 0.1) is 5.92 Å². The molecule has 0 bridgehead atoms. The summed E-state index contributed by atoms with van der Waals surface area (Å²) in [6.07, 6.45) is 5.39. The molecule has 3 nitrogen and oxygen atoms in total. The fourth-order valence-electron chi connectivity index (χ4n) is 0.889. The van der Waals surface area contributed by atoms with Crippen molar-refractivity contribution >= 4 is 12.4 Å². The Morgan fingerprint density at radius 2 is 2.67 bits per heavy atom. The molecule has 1 rings (SSSR count). The van der Waals surface area contributed by atoms with Crippen LogP contribution in [0.1, 0.15) is 12.8 Å². The lowest BCUT2D eigenvalue weighted by atomic mass is 10.0. The Hall–Kier alpha value is -0.860. The summed E-state index contributed by atoms with van der Waals surface area (Å²) in [5.74, 6) is 0.410. The molecule has 0 fully saturated rings. The van der Waals surface area contributed by atoms with Gasteiger partial charge in [0.15, 0.2) is 0 Å². The second-order valence-electron chi connectivity index (χ2n) is 2.14. The lowest BCUT2D eigenvalue weighted by Crippen LogP contribution is -2.09. The fourth-order valence-corrected chi connectivity index (χ4v) is 0.889. The van der Waals surface area contributed by atoms with E-state index in [1.54, 1.807) is 6.21 Å². The summed E-state index contributed by atoms with van der Waals surface area (Å²) in [5.41, 5.74) is 0. The van der Waals surface area contributed by atoms with E-state index in [0.717, 1.165) is 19.4 Å². The van der Waals surface area contributed by atoms with E-state index in [2.05, 4.69) is 10.1 Å². The summed E-state index contributed by atoms with van der Waals surface area (Å²) in [6, 6.07) is 0. The molecule has 0 aromatic rings. The molecule has 0 radical (unpaired) electrons. The van der Waals surface area contributed by atoms with Crippen LogP contribution in [-0.4, -0.2) is 24.2 Å². The van der Waals surface area contributed by atoms with Crippen molar-refractivity contribution in [2.75, 3.05) is 6.54 Å². The van der Waals surface area contributed by atoms with Crippen molar-refractivity contribution in [3.63, 3.8) is 0 Å². The molecule has 1 N–H and O–H groups in total. The van der Waals surface area contributed by atoms with Gasteiger partial charge in [-0.2, -0.15) is 0 Å². The van der Waals surface area contributed by atoms with Gasteiger partial charge >= 0.3 is 0 Å². The van der Waals surface area contributed by atoms with Crippen molar-refractivity contribution in [1.82, 2.24) is 0 Å². The molecule has 0 saturated carbocycles. The van der Waals surface area contributed by atoms with Crippen LogP contribution in [0.3, 0.4) is 0 Å². The second-order valence-corrected chi connectivity index (χ2v) is 2.14.